The zero-order chi connectivity index (χ0) is 22.8. The molecule has 33 heavy (non-hydrogen) atoms. The summed E-state index contributed by atoms with van der Waals surface area (Å²) < 4.78 is 6.69. The lowest BCUT2D eigenvalue weighted by molar-refractivity contribution is -0.142. The van der Waals surface area contributed by atoms with Crippen molar-refractivity contribution in [1.82, 2.24) is 14.8 Å². The Bertz CT molecular complexity index is 1150. The van der Waals surface area contributed by atoms with Crippen LogP contribution in [0.1, 0.15) is 18.4 Å². The Morgan fingerprint density at radius 3 is 2.64 bits per heavy atom. The van der Waals surface area contributed by atoms with E-state index in [0.717, 1.165) is 34.6 Å². The standard InChI is InChI=1S/C25H28N4O3S/c1-17-4-9-20-22(15-17)33-24(27-20)18-5-7-19(8-6-18)26-23(30)16-28-10-12-29(13-11-28)25(31)21-3-2-14-32-21/h4-9,15,21H,2-3,10-14,16H2,1H3,(H,26,30)/t21-/m1/s1. The molecule has 172 valence electrons. The number of fused-ring (bicyclic) bond motifs is 1. The first-order chi connectivity index (χ1) is 16.0. The summed E-state index contributed by atoms with van der Waals surface area (Å²) in [5.74, 6) is 0.0528. The first-order valence-electron chi connectivity index (χ1n) is 11.5. The highest BCUT2D eigenvalue weighted by Gasteiger charge is 2.30. The van der Waals surface area contributed by atoms with Crippen LogP contribution in [0.4, 0.5) is 5.69 Å². The molecule has 7 nitrogen and oxygen atoms in total. The molecule has 1 aromatic heterocycles. The van der Waals surface area contributed by atoms with Gasteiger partial charge < -0.3 is 15.0 Å². The first kappa shape index (κ1) is 22.0. The summed E-state index contributed by atoms with van der Waals surface area (Å²) in [4.78, 5) is 33.7. The van der Waals surface area contributed by atoms with Gasteiger partial charge in [-0.05, 0) is 61.7 Å². The number of rotatable bonds is 5. The van der Waals surface area contributed by atoms with E-state index in [4.69, 9.17) is 9.72 Å². The minimum atomic E-state index is -0.269. The lowest BCUT2D eigenvalue weighted by Crippen LogP contribution is -2.52. The van der Waals surface area contributed by atoms with Gasteiger partial charge in [-0.2, -0.15) is 0 Å². The highest BCUT2D eigenvalue weighted by molar-refractivity contribution is 7.21. The fraction of sp³-hybridized carbons (Fsp3) is 0.400. The minimum absolute atomic E-state index is 0.0443. The number of piperazine rings is 1. The normalized spacial score (nSPS) is 19.2. The van der Waals surface area contributed by atoms with E-state index in [2.05, 4.69) is 35.3 Å². The predicted molar refractivity (Wildman–Crippen MR) is 130 cm³/mol. The molecule has 2 fully saturated rings. The number of hydrogen-bond donors (Lipinski definition) is 1. The van der Waals surface area contributed by atoms with Crippen LogP contribution in [0.15, 0.2) is 42.5 Å². The van der Waals surface area contributed by atoms with Crippen molar-refractivity contribution < 1.29 is 14.3 Å². The second-order valence-electron chi connectivity index (χ2n) is 8.72. The van der Waals surface area contributed by atoms with Crippen molar-refractivity contribution in [1.29, 1.82) is 0 Å². The fourth-order valence-corrected chi connectivity index (χ4v) is 5.43. The summed E-state index contributed by atoms with van der Waals surface area (Å²) in [7, 11) is 0. The largest absolute Gasteiger partial charge is 0.368 e. The van der Waals surface area contributed by atoms with Crippen LogP contribution >= 0.6 is 11.3 Å². The molecular weight excluding hydrogens is 436 g/mol. The molecule has 2 saturated heterocycles. The van der Waals surface area contributed by atoms with Gasteiger partial charge in [0, 0.05) is 44.0 Å². The van der Waals surface area contributed by atoms with Crippen molar-refractivity contribution in [3.63, 3.8) is 0 Å². The Kier molecular flexibility index (Phi) is 6.39. The van der Waals surface area contributed by atoms with Crippen molar-refractivity contribution >= 4 is 39.1 Å². The van der Waals surface area contributed by atoms with Crippen LogP contribution in [0, 0.1) is 6.92 Å². The Labute approximate surface area is 197 Å². The zero-order valence-electron chi connectivity index (χ0n) is 18.8. The van der Waals surface area contributed by atoms with Crippen LogP contribution in [0.5, 0.6) is 0 Å². The molecule has 2 aliphatic rings. The molecule has 1 atom stereocenters. The molecule has 2 aromatic carbocycles. The van der Waals surface area contributed by atoms with E-state index >= 15 is 0 Å². The molecule has 0 saturated carbocycles. The number of thiazole rings is 1. The van der Waals surface area contributed by atoms with Crippen molar-refractivity contribution in [3.8, 4) is 10.6 Å². The lowest BCUT2D eigenvalue weighted by Gasteiger charge is -2.35. The number of carbonyl (C=O) groups excluding carboxylic acids is 2. The minimum Gasteiger partial charge on any atom is -0.368 e. The Hall–Kier alpha value is -2.81. The van der Waals surface area contributed by atoms with E-state index in [9.17, 15) is 9.59 Å². The van der Waals surface area contributed by atoms with Crippen LogP contribution < -0.4 is 5.32 Å². The third kappa shape index (κ3) is 5.08. The fourth-order valence-electron chi connectivity index (χ4n) is 4.36. The van der Waals surface area contributed by atoms with Gasteiger partial charge in [-0.25, -0.2) is 4.98 Å². The molecule has 3 aromatic rings. The van der Waals surface area contributed by atoms with E-state index in [-0.39, 0.29) is 17.9 Å². The van der Waals surface area contributed by atoms with Gasteiger partial charge in [-0.3, -0.25) is 14.5 Å². The Morgan fingerprint density at radius 2 is 1.91 bits per heavy atom. The van der Waals surface area contributed by atoms with Crippen molar-refractivity contribution in [3.05, 3.63) is 48.0 Å². The highest BCUT2D eigenvalue weighted by atomic mass is 32.1. The van der Waals surface area contributed by atoms with Crippen LogP contribution in [-0.2, 0) is 14.3 Å². The van der Waals surface area contributed by atoms with Gasteiger partial charge in [0.25, 0.3) is 5.91 Å². The molecule has 0 bridgehead atoms. The average Bonchev–Trinajstić information content (AvgIpc) is 3.49. The van der Waals surface area contributed by atoms with Crippen LogP contribution in [0.25, 0.3) is 20.8 Å². The maximum atomic E-state index is 12.5. The van der Waals surface area contributed by atoms with Gasteiger partial charge in [0.05, 0.1) is 16.8 Å². The van der Waals surface area contributed by atoms with Crippen molar-refractivity contribution in [2.24, 2.45) is 0 Å². The topological polar surface area (TPSA) is 74.8 Å². The SMILES string of the molecule is Cc1ccc2nc(-c3ccc(NC(=O)CN4CCN(C(=O)[C@H]5CCCO5)CC4)cc3)sc2c1. The molecule has 3 heterocycles. The number of amides is 2. The number of aryl methyl sites for hydroxylation is 1. The number of nitrogens with zero attached hydrogens (tertiary/aromatic N) is 3. The highest BCUT2D eigenvalue weighted by Crippen LogP contribution is 2.31. The molecule has 2 amide bonds. The van der Waals surface area contributed by atoms with Gasteiger partial charge in [-0.1, -0.05) is 6.07 Å². The molecule has 0 unspecified atom stereocenters. The number of aromatic nitrogens is 1. The summed E-state index contributed by atoms with van der Waals surface area (Å²) >= 11 is 1.68. The summed E-state index contributed by atoms with van der Waals surface area (Å²) in [6, 6.07) is 14.1. The molecule has 2 aliphatic heterocycles. The smallest absolute Gasteiger partial charge is 0.251 e. The van der Waals surface area contributed by atoms with E-state index in [1.165, 1.54) is 10.3 Å². The summed E-state index contributed by atoms with van der Waals surface area (Å²) in [6.07, 6.45) is 1.51. The molecule has 5 rings (SSSR count). The van der Waals surface area contributed by atoms with E-state index < -0.39 is 0 Å². The predicted octanol–water partition coefficient (Wildman–Crippen LogP) is 3.53. The summed E-state index contributed by atoms with van der Waals surface area (Å²) in [5, 5.41) is 3.96. The molecule has 0 spiro atoms. The van der Waals surface area contributed by atoms with Gasteiger partial charge in [0.15, 0.2) is 0 Å². The maximum absolute atomic E-state index is 12.5. The number of nitrogens with one attached hydrogen (secondary N) is 1. The number of carbonyl (C=O) groups is 2. The van der Waals surface area contributed by atoms with Crippen molar-refractivity contribution in [2.45, 2.75) is 25.9 Å². The second-order valence-corrected chi connectivity index (χ2v) is 9.75. The van der Waals surface area contributed by atoms with E-state index in [1.807, 2.05) is 29.2 Å². The number of benzene rings is 2. The number of anilines is 1. The van der Waals surface area contributed by atoms with Gasteiger partial charge >= 0.3 is 0 Å². The van der Waals surface area contributed by atoms with Gasteiger partial charge in [0.1, 0.15) is 11.1 Å². The first-order valence-corrected chi connectivity index (χ1v) is 12.3. The summed E-state index contributed by atoms with van der Waals surface area (Å²) in [5.41, 5.74) is 4.05. The molecule has 0 aliphatic carbocycles. The summed E-state index contributed by atoms with van der Waals surface area (Å²) in [6.45, 7) is 5.76. The molecular formula is C25H28N4O3S. The second kappa shape index (κ2) is 9.59. The Morgan fingerprint density at radius 1 is 1.12 bits per heavy atom. The zero-order valence-corrected chi connectivity index (χ0v) is 19.6. The quantitative estimate of drug-likeness (QED) is 0.625. The third-order valence-corrected chi connectivity index (χ3v) is 7.28. The van der Waals surface area contributed by atoms with E-state index in [0.29, 0.717) is 39.3 Å². The van der Waals surface area contributed by atoms with Crippen LogP contribution in [0.2, 0.25) is 0 Å². The van der Waals surface area contributed by atoms with Crippen molar-refractivity contribution in [2.75, 3.05) is 44.6 Å². The van der Waals surface area contributed by atoms with Crippen LogP contribution in [-0.4, -0.2) is 72.0 Å². The molecule has 8 heteroatoms. The number of hydrogen-bond acceptors (Lipinski definition) is 6. The monoisotopic (exact) mass is 464 g/mol. The van der Waals surface area contributed by atoms with Gasteiger partial charge in [0.2, 0.25) is 5.91 Å². The Balaban J connectivity index is 1.12. The molecule has 0 radical (unpaired) electrons. The molecule has 1 N–H and O–H groups in total. The van der Waals surface area contributed by atoms with Gasteiger partial charge in [-0.15, -0.1) is 11.3 Å². The lowest BCUT2D eigenvalue weighted by atomic mass is 10.2. The van der Waals surface area contributed by atoms with Crippen LogP contribution in [0.3, 0.4) is 0 Å². The maximum Gasteiger partial charge on any atom is 0.251 e. The average molecular weight is 465 g/mol. The van der Waals surface area contributed by atoms with E-state index in [1.54, 1.807) is 11.3 Å². The third-order valence-electron chi connectivity index (χ3n) is 6.22. The number of ether oxygens (including phenoxy) is 1.